The average Bonchev–Trinajstić information content (AvgIpc) is 3.31. The van der Waals surface area contributed by atoms with Gasteiger partial charge in [-0.15, -0.1) is 24.8 Å². The van der Waals surface area contributed by atoms with Crippen LogP contribution in [0.4, 0.5) is 29.3 Å². The summed E-state index contributed by atoms with van der Waals surface area (Å²) in [6, 6.07) is 13.7. The Morgan fingerprint density at radius 3 is 2.16 bits per heavy atom. The molecule has 16 heteroatoms. The lowest BCUT2D eigenvalue weighted by molar-refractivity contribution is -0.140. The molecule has 0 bridgehead atoms. The maximum atomic E-state index is 13.4. The van der Waals surface area contributed by atoms with Crippen molar-refractivity contribution in [2.75, 3.05) is 35.9 Å². The van der Waals surface area contributed by atoms with E-state index in [9.17, 15) is 26.4 Å². The van der Waals surface area contributed by atoms with Crippen molar-refractivity contribution in [1.82, 2.24) is 19.6 Å². The minimum Gasteiger partial charge on any atom is -0.457 e. The van der Waals surface area contributed by atoms with Gasteiger partial charge < -0.3 is 15.0 Å². The van der Waals surface area contributed by atoms with Gasteiger partial charge in [0, 0.05) is 51.2 Å². The van der Waals surface area contributed by atoms with E-state index in [1.54, 1.807) is 29.2 Å². The molecule has 2 N–H and O–H groups in total. The Hall–Kier alpha value is -3.20. The molecule has 1 aliphatic heterocycles. The lowest BCUT2D eigenvalue weighted by Crippen LogP contribution is -2.49. The van der Waals surface area contributed by atoms with E-state index in [0.717, 1.165) is 42.4 Å². The predicted octanol–water partition coefficient (Wildman–Crippen LogP) is 6.74. The van der Waals surface area contributed by atoms with Crippen LogP contribution in [0.25, 0.3) is 0 Å². The first-order chi connectivity index (χ1) is 20.3. The zero-order valence-corrected chi connectivity index (χ0v) is 27.7. The molecule has 4 rings (SSSR count). The van der Waals surface area contributed by atoms with E-state index in [1.807, 2.05) is 31.2 Å². The number of unbranched alkanes of at least 4 members (excludes halogenated alkanes) is 1. The molecule has 1 aliphatic rings. The Bertz CT molecular complexity index is 1480. The summed E-state index contributed by atoms with van der Waals surface area (Å²) in [5.74, 6) is 1.22. The molecule has 1 fully saturated rings. The fraction of sp³-hybridized carbons (Fsp3) is 0.448. The first-order valence-electron chi connectivity index (χ1n) is 14.1. The van der Waals surface area contributed by atoms with Gasteiger partial charge in [-0.3, -0.25) is 14.3 Å². The zero-order valence-electron chi connectivity index (χ0n) is 25.2. The van der Waals surface area contributed by atoms with Crippen molar-refractivity contribution in [2.24, 2.45) is 7.05 Å². The van der Waals surface area contributed by atoms with Gasteiger partial charge >= 0.3 is 12.2 Å². The maximum absolute atomic E-state index is 13.4. The quantitative estimate of drug-likeness (QED) is 0.230. The molecule has 0 atom stereocenters. The molecular weight excluding hydrogens is 656 g/mol. The number of nitrogens with one attached hydrogen (secondary N) is 2. The number of halogens is 5. The van der Waals surface area contributed by atoms with E-state index >= 15 is 0 Å². The van der Waals surface area contributed by atoms with Crippen molar-refractivity contribution in [1.29, 1.82) is 0 Å². The third-order valence-corrected chi connectivity index (χ3v) is 7.68. The van der Waals surface area contributed by atoms with Crippen LogP contribution in [0.2, 0.25) is 0 Å². The summed E-state index contributed by atoms with van der Waals surface area (Å²) in [7, 11) is -1.96. The molecule has 0 saturated carbocycles. The van der Waals surface area contributed by atoms with Crippen LogP contribution in [-0.4, -0.2) is 66.0 Å². The first-order valence-corrected chi connectivity index (χ1v) is 16.0. The third kappa shape index (κ3) is 11.3. The fourth-order valence-corrected chi connectivity index (χ4v) is 5.57. The summed E-state index contributed by atoms with van der Waals surface area (Å²) < 4.78 is 72.3. The molecule has 0 unspecified atom stereocenters. The number of aromatic nitrogens is 2. The number of nitrogens with zero attached hydrogens (tertiary/aromatic N) is 4. The van der Waals surface area contributed by atoms with Crippen LogP contribution in [0.3, 0.4) is 0 Å². The minimum atomic E-state index is -4.67. The van der Waals surface area contributed by atoms with Gasteiger partial charge in [-0.05, 0) is 61.2 Å². The standard InChI is InChI=1S/C29H37F3N6O4S.2ClH/c1-4-5-16-38(28(39)33-26-20-36(2)34-27(26)29(30,31)32)23-14-17-37(18-15-23)19-21-6-10-24(11-7-21)42-25-12-8-22(9-13-25)35-43(3,40)41;;/h6-13,20,23,35H,4-5,14-19H2,1-3H3,(H,33,39);2*1H. The number of aryl methyl sites for hydroxylation is 1. The number of hydrogen-bond acceptors (Lipinski definition) is 6. The van der Waals surface area contributed by atoms with Gasteiger partial charge in [0.25, 0.3) is 0 Å². The summed E-state index contributed by atoms with van der Waals surface area (Å²) in [6.45, 7) is 4.67. The Morgan fingerprint density at radius 2 is 1.62 bits per heavy atom. The number of rotatable bonds is 11. The number of alkyl halides is 3. The number of amides is 2. The van der Waals surface area contributed by atoms with Crippen molar-refractivity contribution < 1.29 is 31.1 Å². The van der Waals surface area contributed by atoms with E-state index in [4.69, 9.17) is 4.74 Å². The third-order valence-electron chi connectivity index (χ3n) is 7.07. The molecule has 2 amide bonds. The second kappa shape index (κ2) is 16.4. The van der Waals surface area contributed by atoms with Crippen molar-refractivity contribution in [3.63, 3.8) is 0 Å². The number of urea groups is 1. The number of likely N-dealkylation sites (tertiary alicyclic amines) is 1. The van der Waals surface area contributed by atoms with Crippen molar-refractivity contribution in [3.8, 4) is 11.5 Å². The summed E-state index contributed by atoms with van der Waals surface area (Å²) in [5.41, 5.74) is 0.0969. The number of hydrogen-bond donors (Lipinski definition) is 2. The van der Waals surface area contributed by atoms with E-state index < -0.39 is 27.9 Å². The van der Waals surface area contributed by atoms with Crippen molar-refractivity contribution >= 4 is 52.2 Å². The first kappa shape index (κ1) is 38.0. The van der Waals surface area contributed by atoms with Crippen LogP contribution >= 0.6 is 24.8 Å². The van der Waals surface area contributed by atoms with E-state index in [-0.39, 0.29) is 36.5 Å². The number of sulfonamides is 1. The summed E-state index contributed by atoms with van der Waals surface area (Å²) in [6.07, 6.45) is 0.623. The largest absolute Gasteiger partial charge is 0.457 e. The summed E-state index contributed by atoms with van der Waals surface area (Å²) >= 11 is 0. The number of anilines is 2. The van der Waals surface area contributed by atoms with Gasteiger partial charge in [0.1, 0.15) is 11.5 Å². The summed E-state index contributed by atoms with van der Waals surface area (Å²) in [4.78, 5) is 17.1. The van der Waals surface area contributed by atoms with E-state index in [1.165, 1.54) is 13.2 Å². The van der Waals surface area contributed by atoms with E-state index in [0.29, 0.717) is 43.1 Å². The lowest BCUT2D eigenvalue weighted by Gasteiger charge is -2.38. The Morgan fingerprint density at radius 1 is 1.04 bits per heavy atom. The molecule has 1 saturated heterocycles. The molecule has 2 heterocycles. The van der Waals surface area contributed by atoms with Crippen molar-refractivity contribution in [2.45, 2.75) is 51.4 Å². The van der Waals surface area contributed by atoms with Gasteiger partial charge in [-0.25, -0.2) is 13.2 Å². The molecule has 250 valence electrons. The van der Waals surface area contributed by atoms with E-state index in [2.05, 4.69) is 20.0 Å². The molecule has 45 heavy (non-hydrogen) atoms. The second-order valence-corrected chi connectivity index (χ2v) is 12.4. The van der Waals surface area contributed by atoms with Crippen LogP contribution < -0.4 is 14.8 Å². The van der Waals surface area contributed by atoms with Gasteiger partial charge in [0.2, 0.25) is 10.0 Å². The molecule has 3 aromatic rings. The molecule has 0 spiro atoms. The SMILES string of the molecule is CCCCN(C(=O)Nc1cn(C)nc1C(F)(F)F)C1CCN(Cc2ccc(Oc3ccc(NS(C)(=O)=O)cc3)cc2)CC1.Cl.Cl. The van der Waals surface area contributed by atoms with Gasteiger partial charge in [-0.2, -0.15) is 18.3 Å². The number of piperidine rings is 1. The molecule has 2 aromatic carbocycles. The highest BCUT2D eigenvalue weighted by Crippen LogP contribution is 2.34. The smallest absolute Gasteiger partial charge is 0.437 e. The number of benzene rings is 2. The molecule has 1 aromatic heterocycles. The zero-order chi connectivity index (χ0) is 31.2. The molecule has 10 nitrogen and oxygen atoms in total. The van der Waals surface area contributed by atoms with Crippen LogP contribution in [0.5, 0.6) is 11.5 Å². The molecule has 0 aliphatic carbocycles. The normalized spacial score (nSPS) is 14.2. The Kier molecular flexibility index (Phi) is 13.8. The monoisotopic (exact) mass is 694 g/mol. The number of carbonyl (C=O) groups is 1. The van der Waals surface area contributed by atoms with Crippen LogP contribution in [0.15, 0.2) is 54.7 Å². The number of ether oxygens (including phenoxy) is 1. The van der Waals surface area contributed by atoms with Crippen LogP contribution in [0, 0.1) is 0 Å². The van der Waals surface area contributed by atoms with Crippen molar-refractivity contribution in [3.05, 3.63) is 66.0 Å². The summed E-state index contributed by atoms with van der Waals surface area (Å²) in [5, 5.41) is 5.94. The Balaban J connectivity index is 0.00000353. The fourth-order valence-electron chi connectivity index (χ4n) is 5.01. The molecular formula is C29H39Cl2F3N6O4S. The highest BCUT2D eigenvalue weighted by atomic mass is 35.5. The minimum absolute atomic E-state index is 0. The number of carbonyl (C=O) groups excluding carboxylic acids is 1. The second-order valence-electron chi connectivity index (χ2n) is 10.7. The highest BCUT2D eigenvalue weighted by Gasteiger charge is 2.38. The predicted molar refractivity (Wildman–Crippen MR) is 173 cm³/mol. The molecule has 0 radical (unpaired) electrons. The van der Waals surface area contributed by atoms with Crippen LogP contribution in [0.1, 0.15) is 43.9 Å². The van der Waals surface area contributed by atoms with Crippen LogP contribution in [-0.2, 0) is 29.8 Å². The van der Waals surface area contributed by atoms with Gasteiger partial charge in [0.15, 0.2) is 5.69 Å². The highest BCUT2D eigenvalue weighted by molar-refractivity contribution is 7.92. The topological polar surface area (TPSA) is 109 Å². The van der Waals surface area contributed by atoms with Gasteiger partial charge in [-0.1, -0.05) is 25.5 Å². The Labute approximate surface area is 274 Å². The lowest BCUT2D eigenvalue weighted by atomic mass is 10.0. The van der Waals surface area contributed by atoms with Gasteiger partial charge in [0.05, 0.1) is 11.9 Å². The maximum Gasteiger partial charge on any atom is 0.437 e. The average molecular weight is 696 g/mol.